The molecule has 0 aromatic heterocycles. The minimum absolute atomic E-state index is 0.0480. The minimum atomic E-state index is -0.741. The molecule has 0 aliphatic heterocycles. The van der Waals surface area contributed by atoms with Crippen LogP contribution in [0.2, 0.25) is 0 Å². The van der Waals surface area contributed by atoms with Crippen molar-refractivity contribution in [2.45, 2.75) is 46.6 Å². The van der Waals surface area contributed by atoms with Gasteiger partial charge in [0.05, 0.1) is 6.10 Å². The zero-order valence-corrected chi connectivity index (χ0v) is 13.8. The number of anilines is 1. The summed E-state index contributed by atoms with van der Waals surface area (Å²) in [5, 5.41) is 15.0. The Labute approximate surface area is 132 Å². The SMILES string of the molecule is CCCc1ccccc1NC(=O)C(=O)NCC(O)C(C)(C)C. The second-order valence-electron chi connectivity index (χ2n) is 6.45. The number of aliphatic hydroxyl groups is 1. The van der Waals surface area contributed by atoms with Crippen molar-refractivity contribution in [1.29, 1.82) is 0 Å². The van der Waals surface area contributed by atoms with Crippen molar-refractivity contribution in [1.82, 2.24) is 5.32 Å². The summed E-state index contributed by atoms with van der Waals surface area (Å²) >= 11 is 0. The maximum atomic E-state index is 11.9. The minimum Gasteiger partial charge on any atom is -0.391 e. The summed E-state index contributed by atoms with van der Waals surface area (Å²) in [6.07, 6.45) is 1.08. The third-order valence-corrected chi connectivity index (χ3v) is 3.45. The van der Waals surface area contributed by atoms with Gasteiger partial charge in [0.2, 0.25) is 0 Å². The molecule has 122 valence electrons. The van der Waals surface area contributed by atoms with Crippen LogP contribution in [0.4, 0.5) is 5.69 Å². The first-order valence-electron chi connectivity index (χ1n) is 7.60. The van der Waals surface area contributed by atoms with E-state index in [2.05, 4.69) is 17.6 Å². The van der Waals surface area contributed by atoms with Gasteiger partial charge in [0.25, 0.3) is 0 Å². The number of para-hydroxylation sites is 1. The van der Waals surface area contributed by atoms with Crippen LogP contribution in [0, 0.1) is 5.41 Å². The fourth-order valence-corrected chi connectivity index (χ4v) is 1.88. The van der Waals surface area contributed by atoms with Gasteiger partial charge in [0, 0.05) is 12.2 Å². The third kappa shape index (κ3) is 5.48. The largest absolute Gasteiger partial charge is 0.391 e. The van der Waals surface area contributed by atoms with Gasteiger partial charge >= 0.3 is 11.8 Å². The molecule has 2 amide bonds. The van der Waals surface area contributed by atoms with Gasteiger partial charge in [-0.15, -0.1) is 0 Å². The van der Waals surface area contributed by atoms with E-state index in [9.17, 15) is 14.7 Å². The highest BCUT2D eigenvalue weighted by Crippen LogP contribution is 2.18. The maximum Gasteiger partial charge on any atom is 0.313 e. The molecule has 0 aliphatic carbocycles. The lowest BCUT2D eigenvalue weighted by Gasteiger charge is -2.25. The molecule has 0 aliphatic rings. The number of benzene rings is 1. The topological polar surface area (TPSA) is 78.4 Å². The van der Waals surface area contributed by atoms with Crippen molar-refractivity contribution in [3.63, 3.8) is 0 Å². The second-order valence-corrected chi connectivity index (χ2v) is 6.45. The lowest BCUT2D eigenvalue weighted by atomic mass is 9.89. The van der Waals surface area contributed by atoms with E-state index in [0.717, 1.165) is 18.4 Å². The molecule has 0 heterocycles. The van der Waals surface area contributed by atoms with Gasteiger partial charge in [0.15, 0.2) is 0 Å². The van der Waals surface area contributed by atoms with Gasteiger partial charge in [-0.2, -0.15) is 0 Å². The molecule has 5 nitrogen and oxygen atoms in total. The molecule has 0 saturated carbocycles. The van der Waals surface area contributed by atoms with Crippen LogP contribution < -0.4 is 10.6 Å². The van der Waals surface area contributed by atoms with Crippen LogP contribution in [0.3, 0.4) is 0 Å². The van der Waals surface area contributed by atoms with Crippen LogP contribution in [-0.4, -0.2) is 29.6 Å². The molecule has 1 unspecified atom stereocenters. The van der Waals surface area contributed by atoms with Gasteiger partial charge in [0.1, 0.15) is 0 Å². The molecular formula is C17H26N2O3. The predicted octanol–water partition coefficient (Wildman–Crippen LogP) is 2.10. The van der Waals surface area contributed by atoms with Crippen LogP contribution in [0.1, 0.15) is 39.7 Å². The number of rotatable bonds is 5. The predicted molar refractivity (Wildman–Crippen MR) is 87.5 cm³/mol. The van der Waals surface area contributed by atoms with Crippen LogP contribution in [0.25, 0.3) is 0 Å². The molecule has 0 bridgehead atoms. The van der Waals surface area contributed by atoms with E-state index in [0.29, 0.717) is 5.69 Å². The molecular weight excluding hydrogens is 280 g/mol. The second kappa shape index (κ2) is 7.94. The Morgan fingerprint density at radius 3 is 2.41 bits per heavy atom. The lowest BCUT2D eigenvalue weighted by Crippen LogP contribution is -2.43. The van der Waals surface area contributed by atoms with Crippen LogP contribution >= 0.6 is 0 Å². The molecule has 3 N–H and O–H groups in total. The molecule has 1 aromatic carbocycles. The Hall–Kier alpha value is -1.88. The Kier molecular flexibility index (Phi) is 6.56. The number of carbonyl (C=O) groups is 2. The molecule has 22 heavy (non-hydrogen) atoms. The Morgan fingerprint density at radius 2 is 1.82 bits per heavy atom. The van der Waals surface area contributed by atoms with Gasteiger partial charge in [-0.1, -0.05) is 52.3 Å². The van der Waals surface area contributed by atoms with Gasteiger partial charge in [-0.25, -0.2) is 0 Å². The number of carbonyl (C=O) groups excluding carboxylic acids is 2. The molecule has 1 atom stereocenters. The Morgan fingerprint density at radius 1 is 1.18 bits per heavy atom. The van der Waals surface area contributed by atoms with E-state index >= 15 is 0 Å². The van der Waals surface area contributed by atoms with E-state index < -0.39 is 17.9 Å². The van der Waals surface area contributed by atoms with Crippen molar-refractivity contribution in [3.05, 3.63) is 29.8 Å². The number of hydrogen-bond donors (Lipinski definition) is 3. The average molecular weight is 306 g/mol. The summed E-state index contributed by atoms with van der Waals surface area (Å²) in [5.41, 5.74) is 1.30. The summed E-state index contributed by atoms with van der Waals surface area (Å²) < 4.78 is 0. The summed E-state index contributed by atoms with van der Waals surface area (Å²) in [6.45, 7) is 7.70. The number of aliphatic hydroxyl groups excluding tert-OH is 1. The summed E-state index contributed by atoms with van der Waals surface area (Å²) in [6, 6.07) is 7.43. The number of aryl methyl sites for hydroxylation is 1. The maximum absolute atomic E-state index is 11.9. The van der Waals surface area contributed by atoms with Crippen molar-refractivity contribution in [2.24, 2.45) is 5.41 Å². The first kappa shape index (κ1) is 18.2. The molecule has 0 fully saturated rings. The molecule has 0 spiro atoms. The van der Waals surface area contributed by atoms with Crippen molar-refractivity contribution in [3.8, 4) is 0 Å². The molecule has 1 rings (SSSR count). The first-order valence-corrected chi connectivity index (χ1v) is 7.60. The van der Waals surface area contributed by atoms with E-state index in [1.807, 2.05) is 39.0 Å². The average Bonchev–Trinajstić information content (AvgIpc) is 2.45. The van der Waals surface area contributed by atoms with Crippen LogP contribution in [0.5, 0.6) is 0 Å². The zero-order valence-electron chi connectivity index (χ0n) is 13.8. The fraction of sp³-hybridized carbons (Fsp3) is 0.529. The third-order valence-electron chi connectivity index (χ3n) is 3.45. The smallest absolute Gasteiger partial charge is 0.313 e. The molecule has 1 aromatic rings. The first-order chi connectivity index (χ1) is 10.3. The van der Waals surface area contributed by atoms with Crippen LogP contribution in [0.15, 0.2) is 24.3 Å². The highest BCUT2D eigenvalue weighted by molar-refractivity contribution is 6.39. The highest BCUT2D eigenvalue weighted by atomic mass is 16.3. The Balaban J connectivity index is 2.60. The van der Waals surface area contributed by atoms with E-state index in [4.69, 9.17) is 0 Å². The van der Waals surface area contributed by atoms with E-state index in [-0.39, 0.29) is 12.0 Å². The zero-order chi connectivity index (χ0) is 16.8. The van der Waals surface area contributed by atoms with Gasteiger partial charge in [-0.05, 0) is 23.5 Å². The monoisotopic (exact) mass is 306 g/mol. The van der Waals surface area contributed by atoms with Crippen molar-refractivity contribution in [2.75, 3.05) is 11.9 Å². The van der Waals surface area contributed by atoms with Gasteiger partial charge in [-0.3, -0.25) is 9.59 Å². The van der Waals surface area contributed by atoms with Crippen molar-refractivity contribution >= 4 is 17.5 Å². The number of amides is 2. The number of nitrogens with one attached hydrogen (secondary N) is 2. The summed E-state index contributed by atoms with van der Waals surface area (Å²) in [7, 11) is 0. The van der Waals surface area contributed by atoms with Crippen molar-refractivity contribution < 1.29 is 14.7 Å². The highest BCUT2D eigenvalue weighted by Gasteiger charge is 2.24. The van der Waals surface area contributed by atoms with Gasteiger partial charge < -0.3 is 15.7 Å². The summed E-state index contributed by atoms with van der Waals surface area (Å²) in [5.74, 6) is -1.46. The molecule has 0 radical (unpaired) electrons. The lowest BCUT2D eigenvalue weighted by molar-refractivity contribution is -0.136. The Bertz CT molecular complexity index is 521. The van der Waals surface area contributed by atoms with Crippen LogP contribution in [-0.2, 0) is 16.0 Å². The standard InChI is InChI=1S/C17H26N2O3/c1-5-8-12-9-6-7-10-13(12)19-16(22)15(21)18-11-14(20)17(2,3)4/h6-7,9-10,14,20H,5,8,11H2,1-4H3,(H,18,21)(H,19,22). The number of hydrogen-bond acceptors (Lipinski definition) is 3. The molecule has 5 heteroatoms. The normalized spacial score (nSPS) is 12.6. The molecule has 0 saturated heterocycles. The quantitative estimate of drug-likeness (QED) is 0.729. The van der Waals surface area contributed by atoms with E-state index in [1.54, 1.807) is 6.07 Å². The van der Waals surface area contributed by atoms with E-state index in [1.165, 1.54) is 0 Å². The fourth-order valence-electron chi connectivity index (χ4n) is 1.88. The summed E-state index contributed by atoms with van der Waals surface area (Å²) in [4.78, 5) is 23.7.